The van der Waals surface area contributed by atoms with Gasteiger partial charge in [0.2, 0.25) is 5.91 Å². The second-order valence-electron chi connectivity index (χ2n) is 13.4. The molecule has 8 heteroatoms. The maximum atomic E-state index is 12.8. The summed E-state index contributed by atoms with van der Waals surface area (Å²) in [6, 6.07) is 17.1. The van der Waals surface area contributed by atoms with Crippen molar-refractivity contribution in [2.45, 2.75) is 111 Å². The maximum absolute atomic E-state index is 12.8. The quantitative estimate of drug-likeness (QED) is 0.272. The van der Waals surface area contributed by atoms with Gasteiger partial charge in [-0.05, 0) is 49.8 Å². The Balaban J connectivity index is 0.000000462. The van der Waals surface area contributed by atoms with E-state index in [1.807, 2.05) is 76.2 Å². The third kappa shape index (κ3) is 10.4. The summed E-state index contributed by atoms with van der Waals surface area (Å²) in [6.07, 6.45) is 9.81. The number of urea groups is 1. The number of anilines is 2. The topological polar surface area (TPSA) is 113 Å². The maximum Gasteiger partial charge on any atom is 0.312 e. The van der Waals surface area contributed by atoms with Gasteiger partial charge in [0.15, 0.2) is 11.6 Å². The number of primary amides is 1. The summed E-state index contributed by atoms with van der Waals surface area (Å²) in [5, 5.41) is 2.59. The molecule has 2 atom stereocenters. The first kappa shape index (κ1) is 35.8. The minimum Gasteiger partial charge on any atom is -0.366 e. The number of rotatable bonds is 11. The third-order valence-corrected chi connectivity index (χ3v) is 8.98. The Kier molecular flexibility index (Phi) is 13.6. The molecule has 1 fully saturated rings. The molecule has 1 heterocycles. The van der Waals surface area contributed by atoms with E-state index >= 15 is 0 Å². The van der Waals surface area contributed by atoms with Crippen molar-refractivity contribution in [1.29, 1.82) is 0 Å². The van der Waals surface area contributed by atoms with E-state index in [0.717, 1.165) is 42.7 Å². The predicted octanol–water partition coefficient (Wildman–Crippen LogP) is 7.33. The fourth-order valence-corrected chi connectivity index (χ4v) is 6.29. The second kappa shape index (κ2) is 17.1. The van der Waals surface area contributed by atoms with Gasteiger partial charge >= 0.3 is 6.03 Å². The molecule has 45 heavy (non-hydrogen) atoms. The molecule has 8 nitrogen and oxygen atoms in total. The van der Waals surface area contributed by atoms with Crippen LogP contribution in [0.1, 0.15) is 101 Å². The fraction of sp³-hybridized carbons (Fsp3) is 0.568. The van der Waals surface area contributed by atoms with Crippen LogP contribution in [0.5, 0.6) is 0 Å². The average Bonchev–Trinajstić information content (AvgIpc) is 3.16. The molecule has 2 aliphatic rings. The van der Waals surface area contributed by atoms with Gasteiger partial charge in [-0.25, -0.2) is 4.79 Å². The van der Waals surface area contributed by atoms with Crippen LogP contribution >= 0.6 is 0 Å². The summed E-state index contributed by atoms with van der Waals surface area (Å²) < 4.78 is 0. The van der Waals surface area contributed by atoms with E-state index in [9.17, 15) is 19.2 Å². The molecule has 1 aliphatic carbocycles. The minimum absolute atomic E-state index is 0. The number of carbonyl (C=O) groups is 4. The van der Waals surface area contributed by atoms with Gasteiger partial charge in [0.25, 0.3) is 0 Å². The lowest BCUT2D eigenvalue weighted by atomic mass is 9.89. The van der Waals surface area contributed by atoms with Crippen LogP contribution in [0.4, 0.5) is 16.2 Å². The zero-order chi connectivity index (χ0) is 33.0. The number of nitrogens with one attached hydrogen (secondary N) is 1. The monoisotopic (exact) mass is 622 g/mol. The largest absolute Gasteiger partial charge is 0.366 e. The number of Topliss-reactive ketones (excluding diaryl/α,β-unsaturated/α-hetero) is 2. The number of ketones is 2. The third-order valence-electron chi connectivity index (χ3n) is 8.98. The summed E-state index contributed by atoms with van der Waals surface area (Å²) in [4.78, 5) is 53.2. The molecule has 0 saturated heterocycles. The van der Waals surface area contributed by atoms with E-state index in [1.165, 1.54) is 32.1 Å². The van der Waals surface area contributed by atoms with Gasteiger partial charge in [0.1, 0.15) is 0 Å². The number of benzene rings is 2. The number of para-hydroxylation sites is 2. The van der Waals surface area contributed by atoms with Gasteiger partial charge in [-0.1, -0.05) is 103 Å². The molecule has 2 unspecified atom stereocenters. The molecule has 0 bridgehead atoms. The summed E-state index contributed by atoms with van der Waals surface area (Å²) in [7, 11) is 0. The van der Waals surface area contributed by atoms with Crippen LogP contribution < -0.4 is 20.9 Å². The Morgan fingerprint density at radius 1 is 0.956 bits per heavy atom. The van der Waals surface area contributed by atoms with Crippen molar-refractivity contribution in [2.24, 2.45) is 17.1 Å². The van der Waals surface area contributed by atoms with Gasteiger partial charge in [0.05, 0.1) is 24.0 Å². The molecular weight excluding hydrogens is 564 g/mol. The first-order valence-corrected chi connectivity index (χ1v) is 16.8. The van der Waals surface area contributed by atoms with E-state index in [1.54, 1.807) is 4.90 Å². The lowest BCUT2D eigenvalue weighted by Crippen LogP contribution is -2.47. The number of nitrogens with zero attached hydrogens (tertiary/aromatic N) is 2. The Morgan fingerprint density at radius 3 is 2.16 bits per heavy atom. The average molecular weight is 623 g/mol. The van der Waals surface area contributed by atoms with Crippen molar-refractivity contribution in [2.75, 3.05) is 22.9 Å². The summed E-state index contributed by atoms with van der Waals surface area (Å²) >= 11 is 0. The van der Waals surface area contributed by atoms with Gasteiger partial charge in [-0.2, -0.15) is 0 Å². The number of carbonyl (C=O) groups excluding carboxylic acids is 4. The normalized spacial score (nSPS) is 16.9. The standard InChI is InChI=1S/C21H30N2O2.C16H24N2O2.2H2/c1-21(2,3)19(24)15-23-18-12-8-7-11-17(18)22(14-13-20(23)25)16-9-5-4-6-10-16;1-3-8-13(4-2)15(19)14(18-16(17)20)11-12-9-6-5-7-10-12;;/h7-8,11-12,16H,4-6,9-10,13-15H2,1-3H3;5-7,9-10,13-14H,3-4,8,11H2,1-2H3,(H3,17,18,20);2*1H. The summed E-state index contributed by atoms with van der Waals surface area (Å²) in [5.41, 5.74) is 7.79. The van der Waals surface area contributed by atoms with E-state index in [0.29, 0.717) is 18.9 Å². The van der Waals surface area contributed by atoms with Gasteiger partial charge in [-0.3, -0.25) is 14.4 Å². The van der Waals surface area contributed by atoms with Crippen molar-refractivity contribution >= 4 is 34.9 Å². The van der Waals surface area contributed by atoms with Crippen LogP contribution in [0, 0.1) is 11.3 Å². The molecule has 2 aromatic carbocycles. The van der Waals surface area contributed by atoms with Crippen molar-refractivity contribution in [3.63, 3.8) is 0 Å². The molecule has 0 spiro atoms. The van der Waals surface area contributed by atoms with Crippen LogP contribution in [0.25, 0.3) is 0 Å². The van der Waals surface area contributed by atoms with Crippen molar-refractivity contribution < 1.29 is 22.0 Å². The molecular formula is C37H58N4O4. The van der Waals surface area contributed by atoms with E-state index < -0.39 is 17.5 Å². The molecule has 3 amide bonds. The first-order chi connectivity index (χ1) is 21.5. The zero-order valence-corrected chi connectivity index (χ0v) is 28.0. The van der Waals surface area contributed by atoms with Crippen molar-refractivity contribution in [3.05, 3.63) is 60.2 Å². The molecule has 0 radical (unpaired) electrons. The van der Waals surface area contributed by atoms with Crippen molar-refractivity contribution in [3.8, 4) is 0 Å². The number of fused-ring (bicyclic) bond motifs is 1. The Morgan fingerprint density at radius 2 is 1.58 bits per heavy atom. The number of nitrogens with two attached hydrogens (primary N) is 1. The SMILES string of the molecule is CC(C)(C)C(=O)CN1C(=O)CCN(C2CCCCC2)c2ccccc21.CCCC(CC)C(=O)C(Cc1ccccc1)NC(N)=O.[HH].[HH]. The van der Waals surface area contributed by atoms with Crippen LogP contribution in [-0.4, -0.2) is 48.7 Å². The predicted molar refractivity (Wildman–Crippen MR) is 187 cm³/mol. The smallest absolute Gasteiger partial charge is 0.312 e. The molecule has 250 valence electrons. The molecule has 3 N–H and O–H groups in total. The lowest BCUT2D eigenvalue weighted by molar-refractivity contribution is -0.127. The summed E-state index contributed by atoms with van der Waals surface area (Å²) in [5.74, 6) is 0.225. The number of hydrogen-bond donors (Lipinski definition) is 2. The van der Waals surface area contributed by atoms with E-state index in [2.05, 4.69) is 23.2 Å². The Bertz CT molecular complexity index is 1280. The van der Waals surface area contributed by atoms with Gasteiger partial charge < -0.3 is 20.9 Å². The van der Waals surface area contributed by atoms with Gasteiger partial charge in [-0.15, -0.1) is 0 Å². The highest BCUT2D eigenvalue weighted by Gasteiger charge is 2.33. The first-order valence-electron chi connectivity index (χ1n) is 16.8. The highest BCUT2D eigenvalue weighted by Crippen LogP contribution is 2.37. The molecule has 2 aromatic rings. The molecule has 0 aromatic heterocycles. The molecule has 1 aliphatic heterocycles. The number of hydrogen-bond acceptors (Lipinski definition) is 5. The number of amides is 3. The van der Waals surface area contributed by atoms with Crippen LogP contribution in [0.15, 0.2) is 54.6 Å². The molecule has 4 rings (SSSR count). The van der Waals surface area contributed by atoms with E-state index in [-0.39, 0.29) is 32.8 Å². The van der Waals surface area contributed by atoms with Gasteiger partial charge in [0, 0.05) is 33.2 Å². The van der Waals surface area contributed by atoms with Crippen LogP contribution in [0.2, 0.25) is 0 Å². The molecule has 1 saturated carbocycles. The highest BCUT2D eigenvalue weighted by molar-refractivity contribution is 6.04. The summed E-state index contributed by atoms with van der Waals surface area (Å²) in [6.45, 7) is 10.7. The fourth-order valence-electron chi connectivity index (χ4n) is 6.29. The lowest BCUT2D eigenvalue weighted by Gasteiger charge is -2.36. The van der Waals surface area contributed by atoms with Crippen LogP contribution in [0.3, 0.4) is 0 Å². The van der Waals surface area contributed by atoms with Crippen molar-refractivity contribution in [1.82, 2.24) is 5.32 Å². The Hall–Kier alpha value is -3.68. The zero-order valence-electron chi connectivity index (χ0n) is 28.0. The highest BCUT2D eigenvalue weighted by atomic mass is 16.2. The van der Waals surface area contributed by atoms with Crippen LogP contribution in [-0.2, 0) is 20.8 Å². The minimum atomic E-state index is -0.648. The Labute approximate surface area is 273 Å². The van der Waals surface area contributed by atoms with E-state index in [4.69, 9.17) is 5.73 Å². The second-order valence-corrected chi connectivity index (χ2v) is 13.4.